The third-order valence-corrected chi connectivity index (χ3v) is 3.00. The molecule has 1 N–H and O–H groups in total. The topological polar surface area (TPSA) is 29.5 Å². The fourth-order valence-electron chi connectivity index (χ4n) is 2.32. The first kappa shape index (κ1) is 7.56. The molecule has 2 aliphatic rings. The van der Waals surface area contributed by atoms with Gasteiger partial charge in [-0.2, -0.15) is 0 Å². The monoisotopic (exact) mass is 156 g/mol. The Bertz CT molecular complexity index is 132. The Morgan fingerprint density at radius 3 is 2.82 bits per heavy atom. The van der Waals surface area contributed by atoms with E-state index in [2.05, 4.69) is 0 Å². The zero-order valence-corrected chi connectivity index (χ0v) is 6.88. The second-order valence-corrected chi connectivity index (χ2v) is 3.81. The number of ether oxygens (including phenoxy) is 1. The van der Waals surface area contributed by atoms with E-state index in [1.54, 1.807) is 0 Å². The molecule has 0 radical (unpaired) electrons. The summed E-state index contributed by atoms with van der Waals surface area (Å²) < 4.78 is 5.53. The van der Waals surface area contributed by atoms with Crippen molar-refractivity contribution in [1.82, 2.24) is 0 Å². The van der Waals surface area contributed by atoms with Gasteiger partial charge in [0.15, 0.2) is 0 Å². The molecule has 1 heterocycles. The summed E-state index contributed by atoms with van der Waals surface area (Å²) in [5.41, 5.74) is -0.448. The Morgan fingerprint density at radius 2 is 2.00 bits per heavy atom. The Kier molecular flexibility index (Phi) is 1.90. The minimum Gasteiger partial charge on any atom is -0.387 e. The standard InChI is InChI=1S/C9H16O2/c10-9-5-2-1-4-8(9)11-7-3-6-9/h8,10H,1-7H2/t8-,9-/m0/s1. The maximum Gasteiger partial charge on any atom is 0.0909 e. The van der Waals surface area contributed by atoms with Gasteiger partial charge >= 0.3 is 0 Å². The first-order valence-electron chi connectivity index (χ1n) is 4.65. The molecule has 1 aliphatic heterocycles. The smallest absolute Gasteiger partial charge is 0.0909 e. The lowest BCUT2D eigenvalue weighted by atomic mass is 9.78. The second-order valence-electron chi connectivity index (χ2n) is 3.81. The number of aliphatic hydroxyl groups is 1. The molecule has 2 atom stereocenters. The lowest BCUT2D eigenvalue weighted by Crippen LogP contribution is -2.49. The zero-order valence-electron chi connectivity index (χ0n) is 6.88. The van der Waals surface area contributed by atoms with E-state index in [4.69, 9.17) is 4.74 Å². The number of rotatable bonds is 0. The van der Waals surface area contributed by atoms with Crippen LogP contribution in [0.5, 0.6) is 0 Å². The van der Waals surface area contributed by atoms with Crippen LogP contribution in [0.2, 0.25) is 0 Å². The zero-order chi connectivity index (χ0) is 7.73. The third kappa shape index (κ3) is 1.30. The molecule has 0 bridgehead atoms. The van der Waals surface area contributed by atoms with Crippen molar-refractivity contribution in [2.45, 2.75) is 50.2 Å². The van der Waals surface area contributed by atoms with Crippen LogP contribution in [0.4, 0.5) is 0 Å². The minimum absolute atomic E-state index is 0.157. The van der Waals surface area contributed by atoms with E-state index in [0.29, 0.717) is 0 Å². The van der Waals surface area contributed by atoms with Crippen LogP contribution in [0, 0.1) is 0 Å². The molecule has 11 heavy (non-hydrogen) atoms. The number of hydrogen-bond acceptors (Lipinski definition) is 2. The number of fused-ring (bicyclic) bond motifs is 1. The van der Waals surface area contributed by atoms with Crippen molar-refractivity contribution >= 4 is 0 Å². The molecule has 0 unspecified atom stereocenters. The van der Waals surface area contributed by atoms with Crippen LogP contribution in [0.15, 0.2) is 0 Å². The first-order valence-corrected chi connectivity index (χ1v) is 4.65. The Labute approximate surface area is 67.6 Å². The van der Waals surface area contributed by atoms with E-state index in [9.17, 15) is 5.11 Å². The van der Waals surface area contributed by atoms with Gasteiger partial charge in [-0.25, -0.2) is 0 Å². The van der Waals surface area contributed by atoms with Crippen LogP contribution in [0.3, 0.4) is 0 Å². The van der Waals surface area contributed by atoms with E-state index in [1.165, 1.54) is 12.8 Å². The maximum atomic E-state index is 10.1. The summed E-state index contributed by atoms with van der Waals surface area (Å²) in [5.74, 6) is 0. The summed E-state index contributed by atoms with van der Waals surface area (Å²) in [4.78, 5) is 0. The van der Waals surface area contributed by atoms with Gasteiger partial charge in [0.1, 0.15) is 0 Å². The summed E-state index contributed by atoms with van der Waals surface area (Å²) in [6, 6.07) is 0. The molecule has 2 nitrogen and oxygen atoms in total. The maximum absolute atomic E-state index is 10.1. The lowest BCUT2D eigenvalue weighted by Gasteiger charge is -2.43. The normalized spacial score (nSPS) is 45.0. The van der Waals surface area contributed by atoms with E-state index in [-0.39, 0.29) is 6.10 Å². The van der Waals surface area contributed by atoms with Crippen molar-refractivity contribution in [3.05, 3.63) is 0 Å². The van der Waals surface area contributed by atoms with Gasteiger partial charge < -0.3 is 9.84 Å². The quantitative estimate of drug-likeness (QED) is 0.575. The van der Waals surface area contributed by atoms with Crippen molar-refractivity contribution in [2.75, 3.05) is 6.61 Å². The molecule has 1 saturated carbocycles. The van der Waals surface area contributed by atoms with Gasteiger partial charge in [-0.3, -0.25) is 0 Å². The average molecular weight is 156 g/mol. The minimum atomic E-state index is -0.448. The summed E-state index contributed by atoms with van der Waals surface area (Å²) in [6.45, 7) is 0.854. The largest absolute Gasteiger partial charge is 0.387 e. The highest BCUT2D eigenvalue weighted by Gasteiger charge is 2.41. The first-order chi connectivity index (χ1) is 5.31. The summed E-state index contributed by atoms with van der Waals surface area (Å²) in [7, 11) is 0. The Balaban J connectivity index is 2.06. The van der Waals surface area contributed by atoms with Crippen molar-refractivity contribution in [2.24, 2.45) is 0 Å². The Morgan fingerprint density at radius 1 is 1.18 bits per heavy atom. The highest BCUT2D eigenvalue weighted by molar-refractivity contribution is 4.93. The van der Waals surface area contributed by atoms with Crippen LogP contribution in [0.1, 0.15) is 38.5 Å². The van der Waals surface area contributed by atoms with Gasteiger partial charge in [-0.15, -0.1) is 0 Å². The van der Waals surface area contributed by atoms with E-state index in [0.717, 1.165) is 32.3 Å². The third-order valence-electron chi connectivity index (χ3n) is 3.00. The molecule has 0 aromatic rings. The molecule has 1 saturated heterocycles. The summed E-state index contributed by atoms with van der Waals surface area (Å²) >= 11 is 0. The van der Waals surface area contributed by atoms with Crippen LogP contribution < -0.4 is 0 Å². The molecule has 2 fully saturated rings. The summed E-state index contributed by atoms with van der Waals surface area (Å²) in [6.07, 6.45) is 6.58. The fourth-order valence-corrected chi connectivity index (χ4v) is 2.32. The molecule has 0 spiro atoms. The molecular weight excluding hydrogens is 140 g/mol. The van der Waals surface area contributed by atoms with Gasteiger partial charge in [0.25, 0.3) is 0 Å². The molecule has 0 aromatic heterocycles. The lowest BCUT2D eigenvalue weighted by molar-refractivity contribution is -0.163. The van der Waals surface area contributed by atoms with Gasteiger partial charge in [0, 0.05) is 6.61 Å². The highest BCUT2D eigenvalue weighted by atomic mass is 16.5. The second kappa shape index (κ2) is 2.76. The van der Waals surface area contributed by atoms with Crippen LogP contribution in [-0.4, -0.2) is 23.4 Å². The predicted molar refractivity (Wildman–Crippen MR) is 42.4 cm³/mol. The van der Waals surface area contributed by atoms with Crippen molar-refractivity contribution in [3.8, 4) is 0 Å². The van der Waals surface area contributed by atoms with Crippen LogP contribution in [0.25, 0.3) is 0 Å². The van der Waals surface area contributed by atoms with Crippen LogP contribution in [-0.2, 0) is 4.74 Å². The average Bonchev–Trinajstić information content (AvgIpc) is 2.03. The van der Waals surface area contributed by atoms with Gasteiger partial charge in [0.2, 0.25) is 0 Å². The van der Waals surface area contributed by atoms with E-state index in [1.807, 2.05) is 0 Å². The SMILES string of the molecule is O[C@]12CCCC[C@@H]1OCCC2. The Hall–Kier alpha value is -0.0800. The number of hydrogen-bond donors (Lipinski definition) is 1. The summed E-state index contributed by atoms with van der Waals surface area (Å²) in [5, 5.41) is 10.1. The van der Waals surface area contributed by atoms with Gasteiger partial charge in [0.05, 0.1) is 11.7 Å². The molecule has 2 rings (SSSR count). The van der Waals surface area contributed by atoms with Crippen molar-refractivity contribution in [1.29, 1.82) is 0 Å². The molecule has 0 aromatic carbocycles. The van der Waals surface area contributed by atoms with Gasteiger partial charge in [-0.1, -0.05) is 12.8 Å². The molecule has 64 valence electrons. The molecule has 2 heteroatoms. The predicted octanol–water partition coefficient (Wildman–Crippen LogP) is 1.47. The van der Waals surface area contributed by atoms with Crippen molar-refractivity contribution in [3.63, 3.8) is 0 Å². The van der Waals surface area contributed by atoms with Crippen molar-refractivity contribution < 1.29 is 9.84 Å². The van der Waals surface area contributed by atoms with Gasteiger partial charge in [-0.05, 0) is 25.7 Å². The molecular formula is C9H16O2. The van der Waals surface area contributed by atoms with Crippen LogP contribution >= 0.6 is 0 Å². The van der Waals surface area contributed by atoms with E-state index >= 15 is 0 Å². The molecule has 0 amide bonds. The molecule has 1 aliphatic carbocycles. The highest BCUT2D eigenvalue weighted by Crippen LogP contribution is 2.36. The fraction of sp³-hybridized carbons (Fsp3) is 1.00. The van der Waals surface area contributed by atoms with E-state index < -0.39 is 5.60 Å².